The second-order valence-electron chi connectivity index (χ2n) is 7.45. The summed E-state index contributed by atoms with van der Waals surface area (Å²) in [4.78, 5) is 28.7. The van der Waals surface area contributed by atoms with Crippen LogP contribution in [0.25, 0.3) is 11.0 Å². The number of carbonyl (C=O) groups is 1. The normalized spacial score (nSPS) is 15.1. The zero-order valence-corrected chi connectivity index (χ0v) is 17.7. The number of rotatable bonds is 5. The van der Waals surface area contributed by atoms with Crippen LogP contribution in [0.4, 0.5) is 5.69 Å². The van der Waals surface area contributed by atoms with Gasteiger partial charge in [0.05, 0.1) is 30.7 Å². The minimum atomic E-state index is -0.646. The number of ether oxygens (including phenoxy) is 2. The molecule has 0 bridgehead atoms. The van der Waals surface area contributed by atoms with Crippen molar-refractivity contribution in [2.75, 3.05) is 18.6 Å². The average Bonchev–Trinajstić information content (AvgIpc) is 3.12. The van der Waals surface area contributed by atoms with Gasteiger partial charge in [-0.2, -0.15) is 0 Å². The highest BCUT2D eigenvalue weighted by Gasteiger charge is 2.43. The van der Waals surface area contributed by atoms with E-state index in [4.69, 9.17) is 13.9 Å². The Morgan fingerprint density at radius 1 is 0.938 bits per heavy atom. The van der Waals surface area contributed by atoms with Crippen LogP contribution < -0.4 is 19.8 Å². The fraction of sp³-hybridized carbons (Fsp3) is 0.154. The predicted octanol–water partition coefficient (Wildman–Crippen LogP) is 4.95. The summed E-state index contributed by atoms with van der Waals surface area (Å²) in [5.74, 6) is 1.05. The van der Waals surface area contributed by atoms with E-state index in [1.165, 1.54) is 0 Å². The van der Waals surface area contributed by atoms with Crippen molar-refractivity contribution in [1.82, 2.24) is 0 Å². The molecule has 0 radical (unpaired) electrons. The number of nitrogens with zero attached hydrogens (tertiary/aromatic N) is 1. The first kappa shape index (κ1) is 19.9. The first-order chi connectivity index (χ1) is 15.6. The number of para-hydroxylation sites is 1. The molecule has 4 aromatic rings. The third kappa shape index (κ3) is 3.12. The largest absolute Gasteiger partial charge is 0.497 e. The number of methoxy groups -OCH3 is 1. The van der Waals surface area contributed by atoms with Crippen LogP contribution in [0.5, 0.6) is 11.5 Å². The molecule has 0 saturated carbocycles. The van der Waals surface area contributed by atoms with E-state index in [1.54, 1.807) is 60.5 Å². The Morgan fingerprint density at radius 2 is 1.72 bits per heavy atom. The first-order valence-corrected chi connectivity index (χ1v) is 10.4. The van der Waals surface area contributed by atoms with Gasteiger partial charge in [0.25, 0.3) is 5.91 Å². The first-order valence-electron chi connectivity index (χ1n) is 10.4. The Balaban J connectivity index is 1.76. The lowest BCUT2D eigenvalue weighted by Gasteiger charge is -2.25. The van der Waals surface area contributed by atoms with Gasteiger partial charge >= 0.3 is 0 Å². The van der Waals surface area contributed by atoms with Gasteiger partial charge in [-0.15, -0.1) is 0 Å². The molecule has 3 aromatic carbocycles. The molecule has 1 amide bonds. The highest BCUT2D eigenvalue weighted by molar-refractivity contribution is 6.10. The summed E-state index contributed by atoms with van der Waals surface area (Å²) in [7, 11) is 1.59. The van der Waals surface area contributed by atoms with Crippen molar-refractivity contribution in [2.24, 2.45) is 0 Å². The second-order valence-corrected chi connectivity index (χ2v) is 7.45. The Bertz CT molecular complexity index is 1370. The highest BCUT2D eigenvalue weighted by atomic mass is 16.5. The van der Waals surface area contributed by atoms with Crippen molar-refractivity contribution >= 4 is 22.6 Å². The quantitative estimate of drug-likeness (QED) is 0.451. The molecule has 32 heavy (non-hydrogen) atoms. The van der Waals surface area contributed by atoms with Gasteiger partial charge in [0.2, 0.25) is 5.76 Å². The van der Waals surface area contributed by atoms with Crippen LogP contribution >= 0.6 is 0 Å². The molecule has 2 heterocycles. The third-order valence-corrected chi connectivity index (χ3v) is 5.61. The van der Waals surface area contributed by atoms with Crippen molar-refractivity contribution in [1.29, 1.82) is 0 Å². The van der Waals surface area contributed by atoms with E-state index in [0.29, 0.717) is 40.3 Å². The Hall–Kier alpha value is -4.06. The standard InChI is InChI=1S/C26H21NO5/c1-3-31-19-8-6-7-16(15-19)23-22-24(28)20-9-4-5-10-21(20)32-25(22)26(29)27(23)17-11-13-18(30-2)14-12-17/h4-15,23H,3H2,1-2H3. The minimum absolute atomic E-state index is 0.0660. The Kier molecular flexibility index (Phi) is 4.90. The summed E-state index contributed by atoms with van der Waals surface area (Å²) >= 11 is 0. The summed E-state index contributed by atoms with van der Waals surface area (Å²) in [6.45, 7) is 2.42. The van der Waals surface area contributed by atoms with Crippen LogP contribution in [0.2, 0.25) is 0 Å². The lowest BCUT2D eigenvalue weighted by Crippen LogP contribution is -2.29. The summed E-state index contributed by atoms with van der Waals surface area (Å²) in [5, 5.41) is 0.446. The number of hydrogen-bond donors (Lipinski definition) is 0. The summed E-state index contributed by atoms with van der Waals surface area (Å²) in [5.41, 5.74) is 1.91. The Morgan fingerprint density at radius 3 is 2.47 bits per heavy atom. The number of benzene rings is 3. The molecular weight excluding hydrogens is 406 g/mol. The van der Waals surface area contributed by atoms with Crippen molar-refractivity contribution in [2.45, 2.75) is 13.0 Å². The molecule has 1 aromatic heterocycles. The zero-order valence-electron chi connectivity index (χ0n) is 17.7. The molecule has 1 unspecified atom stereocenters. The van der Waals surface area contributed by atoms with E-state index < -0.39 is 6.04 Å². The van der Waals surface area contributed by atoms with Gasteiger partial charge in [-0.1, -0.05) is 24.3 Å². The van der Waals surface area contributed by atoms with Gasteiger partial charge in [-0.3, -0.25) is 14.5 Å². The van der Waals surface area contributed by atoms with Crippen LogP contribution in [-0.4, -0.2) is 19.6 Å². The van der Waals surface area contributed by atoms with Crippen LogP contribution in [0.1, 0.15) is 34.6 Å². The van der Waals surface area contributed by atoms with Gasteiger partial charge in [0, 0.05) is 5.69 Å². The maximum Gasteiger partial charge on any atom is 0.295 e. The van der Waals surface area contributed by atoms with E-state index in [0.717, 1.165) is 5.56 Å². The summed E-state index contributed by atoms with van der Waals surface area (Å²) in [6.07, 6.45) is 0. The van der Waals surface area contributed by atoms with Crippen LogP contribution in [0, 0.1) is 0 Å². The van der Waals surface area contributed by atoms with Crippen LogP contribution in [-0.2, 0) is 0 Å². The molecule has 1 aliphatic heterocycles. The number of anilines is 1. The molecule has 6 nitrogen and oxygen atoms in total. The summed E-state index contributed by atoms with van der Waals surface area (Å²) < 4.78 is 16.9. The highest BCUT2D eigenvalue weighted by Crippen LogP contribution is 2.42. The fourth-order valence-electron chi connectivity index (χ4n) is 4.19. The van der Waals surface area contributed by atoms with Gasteiger partial charge in [0.15, 0.2) is 5.43 Å². The second kappa shape index (κ2) is 7.89. The number of amides is 1. The van der Waals surface area contributed by atoms with E-state index in [-0.39, 0.29) is 17.1 Å². The molecule has 0 fully saturated rings. The van der Waals surface area contributed by atoms with Crippen molar-refractivity contribution < 1.29 is 18.7 Å². The molecule has 0 N–H and O–H groups in total. The number of carbonyl (C=O) groups excluding carboxylic acids is 1. The fourth-order valence-corrected chi connectivity index (χ4v) is 4.19. The molecule has 1 aliphatic rings. The van der Waals surface area contributed by atoms with Crippen molar-refractivity contribution in [3.05, 3.63) is 99.9 Å². The smallest absolute Gasteiger partial charge is 0.295 e. The SMILES string of the molecule is CCOc1cccc(C2c3c(oc4ccccc4c3=O)C(=O)N2c2ccc(OC)cc2)c1. The van der Waals surface area contributed by atoms with Gasteiger partial charge in [-0.05, 0) is 61.0 Å². The maximum absolute atomic E-state index is 13.6. The number of hydrogen-bond acceptors (Lipinski definition) is 5. The van der Waals surface area contributed by atoms with E-state index in [2.05, 4.69) is 0 Å². The minimum Gasteiger partial charge on any atom is -0.497 e. The topological polar surface area (TPSA) is 69.0 Å². The summed E-state index contributed by atoms with van der Waals surface area (Å²) in [6, 6.07) is 21.0. The monoisotopic (exact) mass is 427 g/mol. The Labute approximate surface area is 184 Å². The maximum atomic E-state index is 13.6. The molecule has 1 atom stereocenters. The molecule has 0 spiro atoms. The molecule has 6 heteroatoms. The van der Waals surface area contributed by atoms with Crippen molar-refractivity contribution in [3.8, 4) is 11.5 Å². The average molecular weight is 427 g/mol. The zero-order chi connectivity index (χ0) is 22.2. The molecule has 160 valence electrons. The van der Waals surface area contributed by atoms with Crippen LogP contribution in [0.3, 0.4) is 0 Å². The van der Waals surface area contributed by atoms with Crippen LogP contribution in [0.15, 0.2) is 82.0 Å². The number of fused-ring (bicyclic) bond motifs is 2. The predicted molar refractivity (Wildman–Crippen MR) is 122 cm³/mol. The van der Waals surface area contributed by atoms with E-state index in [9.17, 15) is 9.59 Å². The third-order valence-electron chi connectivity index (χ3n) is 5.61. The van der Waals surface area contributed by atoms with E-state index in [1.807, 2.05) is 31.2 Å². The van der Waals surface area contributed by atoms with Crippen molar-refractivity contribution in [3.63, 3.8) is 0 Å². The van der Waals surface area contributed by atoms with E-state index >= 15 is 0 Å². The molecule has 5 rings (SSSR count). The lowest BCUT2D eigenvalue weighted by molar-refractivity contribution is 0.0971. The lowest BCUT2D eigenvalue weighted by atomic mass is 9.98. The van der Waals surface area contributed by atoms with Gasteiger partial charge in [-0.25, -0.2) is 0 Å². The molecule has 0 saturated heterocycles. The van der Waals surface area contributed by atoms with Gasteiger partial charge in [0.1, 0.15) is 17.1 Å². The molecule has 0 aliphatic carbocycles. The van der Waals surface area contributed by atoms with Gasteiger partial charge < -0.3 is 13.9 Å². The molecular formula is C26H21NO5.